The Morgan fingerprint density at radius 2 is 1.57 bits per heavy atom. The molecule has 0 spiro atoms. The number of carboxylic acids is 1. The predicted octanol–water partition coefficient (Wildman–Crippen LogP) is 3.05. The van der Waals surface area contributed by atoms with Crippen LogP contribution in [0, 0.1) is 0 Å². The standard InChI is InChI=1S/C9H8O3.C8H7N/c10-8(9(11)12)6-7-4-2-1-3-5-7;1-2-4-8-7(3-1)5-6-9-8/h1-5H,6H2,(H,11,12);1-6,9H. The molecule has 3 aromatic rings. The summed E-state index contributed by atoms with van der Waals surface area (Å²) in [5, 5.41) is 9.57. The molecule has 0 aliphatic rings. The smallest absolute Gasteiger partial charge is 0.372 e. The van der Waals surface area contributed by atoms with Gasteiger partial charge in [0.15, 0.2) is 0 Å². The zero-order chi connectivity index (χ0) is 15.1. The van der Waals surface area contributed by atoms with E-state index in [0.29, 0.717) is 0 Å². The highest BCUT2D eigenvalue weighted by Crippen LogP contribution is 2.09. The third-order valence-corrected chi connectivity index (χ3v) is 2.91. The average Bonchev–Trinajstić information content (AvgIpc) is 2.97. The molecule has 3 rings (SSSR count). The number of aromatic nitrogens is 1. The van der Waals surface area contributed by atoms with Crippen molar-refractivity contribution in [2.45, 2.75) is 6.42 Å². The zero-order valence-electron chi connectivity index (χ0n) is 11.3. The van der Waals surface area contributed by atoms with E-state index in [2.05, 4.69) is 23.2 Å². The van der Waals surface area contributed by atoms with E-state index in [9.17, 15) is 9.59 Å². The van der Waals surface area contributed by atoms with Crippen LogP contribution in [0.5, 0.6) is 0 Å². The Balaban J connectivity index is 0.000000159. The highest BCUT2D eigenvalue weighted by molar-refractivity contribution is 6.33. The number of H-pyrrole nitrogens is 1. The first-order chi connectivity index (χ1) is 10.2. The summed E-state index contributed by atoms with van der Waals surface area (Å²) in [6, 6.07) is 19.1. The van der Waals surface area contributed by atoms with Crippen LogP contribution in [0.4, 0.5) is 0 Å². The van der Waals surface area contributed by atoms with E-state index in [-0.39, 0.29) is 6.42 Å². The van der Waals surface area contributed by atoms with Crippen molar-refractivity contribution in [3.63, 3.8) is 0 Å². The first-order valence-corrected chi connectivity index (χ1v) is 6.49. The van der Waals surface area contributed by atoms with Crippen LogP contribution < -0.4 is 0 Å². The molecule has 106 valence electrons. The van der Waals surface area contributed by atoms with Crippen LogP contribution in [0.25, 0.3) is 10.9 Å². The molecule has 0 unspecified atom stereocenters. The van der Waals surface area contributed by atoms with Crippen LogP contribution in [0.15, 0.2) is 66.9 Å². The number of benzene rings is 2. The third kappa shape index (κ3) is 4.31. The molecule has 0 fully saturated rings. The van der Waals surface area contributed by atoms with Gasteiger partial charge in [0.25, 0.3) is 0 Å². The van der Waals surface area contributed by atoms with Gasteiger partial charge in [-0.1, -0.05) is 48.5 Å². The Kier molecular flexibility index (Phi) is 4.88. The molecule has 21 heavy (non-hydrogen) atoms. The molecule has 0 atom stereocenters. The lowest BCUT2D eigenvalue weighted by Crippen LogP contribution is -2.14. The van der Waals surface area contributed by atoms with Crippen molar-refractivity contribution in [2.75, 3.05) is 0 Å². The molecular weight excluding hydrogens is 266 g/mol. The van der Waals surface area contributed by atoms with Crippen LogP contribution in [-0.4, -0.2) is 21.8 Å². The summed E-state index contributed by atoms with van der Waals surface area (Å²) in [6.45, 7) is 0. The number of aliphatic carboxylic acids is 1. The number of para-hydroxylation sites is 1. The summed E-state index contributed by atoms with van der Waals surface area (Å²) in [6.07, 6.45) is 1.92. The van der Waals surface area contributed by atoms with E-state index in [1.54, 1.807) is 24.3 Å². The van der Waals surface area contributed by atoms with Gasteiger partial charge in [-0.2, -0.15) is 0 Å². The molecule has 4 nitrogen and oxygen atoms in total. The van der Waals surface area contributed by atoms with Crippen molar-refractivity contribution in [1.82, 2.24) is 4.98 Å². The van der Waals surface area contributed by atoms with Gasteiger partial charge in [-0.15, -0.1) is 0 Å². The largest absolute Gasteiger partial charge is 0.475 e. The second-order valence-corrected chi connectivity index (χ2v) is 4.46. The minimum Gasteiger partial charge on any atom is -0.475 e. The number of carboxylic acid groups (broad SMARTS) is 1. The molecule has 0 saturated heterocycles. The molecule has 0 bridgehead atoms. The number of nitrogens with one attached hydrogen (secondary N) is 1. The van der Waals surface area contributed by atoms with Crippen molar-refractivity contribution in [3.8, 4) is 0 Å². The van der Waals surface area contributed by atoms with Gasteiger partial charge in [-0.3, -0.25) is 4.79 Å². The highest BCUT2D eigenvalue weighted by Gasteiger charge is 2.10. The Labute approximate surface area is 122 Å². The number of carbonyl (C=O) groups excluding carboxylic acids is 1. The molecule has 2 aromatic carbocycles. The molecule has 0 aliphatic carbocycles. The summed E-state index contributed by atoms with van der Waals surface area (Å²) in [5.41, 5.74) is 1.93. The fourth-order valence-electron chi connectivity index (χ4n) is 1.85. The van der Waals surface area contributed by atoms with Crippen molar-refractivity contribution in [3.05, 3.63) is 72.4 Å². The van der Waals surface area contributed by atoms with E-state index < -0.39 is 11.8 Å². The Hall–Kier alpha value is -2.88. The maximum absolute atomic E-state index is 10.7. The number of ketones is 1. The van der Waals surface area contributed by atoms with E-state index in [0.717, 1.165) is 5.56 Å². The first kappa shape index (κ1) is 14.5. The van der Waals surface area contributed by atoms with Gasteiger partial charge in [0.05, 0.1) is 0 Å². The van der Waals surface area contributed by atoms with Crippen LogP contribution in [-0.2, 0) is 16.0 Å². The molecule has 1 aromatic heterocycles. The monoisotopic (exact) mass is 281 g/mol. The lowest BCUT2D eigenvalue weighted by atomic mass is 10.1. The molecule has 0 saturated carbocycles. The van der Waals surface area contributed by atoms with Crippen molar-refractivity contribution in [1.29, 1.82) is 0 Å². The lowest BCUT2D eigenvalue weighted by Gasteiger charge is -1.94. The quantitative estimate of drug-likeness (QED) is 0.725. The van der Waals surface area contributed by atoms with E-state index in [1.807, 2.05) is 24.4 Å². The number of carbonyl (C=O) groups is 2. The van der Waals surface area contributed by atoms with E-state index >= 15 is 0 Å². The average molecular weight is 281 g/mol. The SMILES string of the molecule is O=C(O)C(=O)Cc1ccccc1.c1ccc2[nH]ccc2c1. The van der Waals surface area contributed by atoms with Gasteiger partial charge >= 0.3 is 5.97 Å². The Morgan fingerprint density at radius 1 is 0.905 bits per heavy atom. The Morgan fingerprint density at radius 3 is 2.24 bits per heavy atom. The zero-order valence-corrected chi connectivity index (χ0v) is 11.3. The number of hydrogen-bond donors (Lipinski definition) is 2. The number of fused-ring (bicyclic) bond motifs is 1. The van der Waals surface area contributed by atoms with Crippen LogP contribution in [0.1, 0.15) is 5.56 Å². The number of rotatable bonds is 3. The third-order valence-electron chi connectivity index (χ3n) is 2.91. The topological polar surface area (TPSA) is 70.2 Å². The Bertz CT molecular complexity index is 702. The number of Topliss-reactive ketones (excluding diaryl/α,β-unsaturated/α-hetero) is 1. The predicted molar refractivity (Wildman–Crippen MR) is 81.1 cm³/mol. The van der Waals surface area contributed by atoms with Crippen LogP contribution >= 0.6 is 0 Å². The number of hydrogen-bond acceptors (Lipinski definition) is 2. The van der Waals surface area contributed by atoms with Gasteiger partial charge in [-0.25, -0.2) is 4.79 Å². The van der Waals surface area contributed by atoms with E-state index in [4.69, 9.17) is 5.11 Å². The van der Waals surface area contributed by atoms with Crippen LogP contribution in [0.2, 0.25) is 0 Å². The second-order valence-electron chi connectivity index (χ2n) is 4.46. The van der Waals surface area contributed by atoms with E-state index in [1.165, 1.54) is 10.9 Å². The second kappa shape index (κ2) is 7.05. The summed E-state index contributed by atoms with van der Waals surface area (Å²) in [7, 11) is 0. The summed E-state index contributed by atoms with van der Waals surface area (Å²) in [5.74, 6) is -2.15. The van der Waals surface area contributed by atoms with Crippen molar-refractivity contribution < 1.29 is 14.7 Å². The molecular formula is C17H15NO3. The first-order valence-electron chi connectivity index (χ1n) is 6.49. The summed E-state index contributed by atoms with van der Waals surface area (Å²) in [4.78, 5) is 24.0. The fraction of sp³-hybridized carbons (Fsp3) is 0.0588. The molecule has 0 radical (unpaired) electrons. The number of aromatic amines is 1. The van der Waals surface area contributed by atoms with Gasteiger partial charge < -0.3 is 10.1 Å². The molecule has 4 heteroatoms. The van der Waals surface area contributed by atoms with Crippen molar-refractivity contribution in [2.24, 2.45) is 0 Å². The van der Waals surface area contributed by atoms with Gasteiger partial charge in [-0.05, 0) is 23.1 Å². The maximum Gasteiger partial charge on any atom is 0.372 e. The molecule has 0 aliphatic heterocycles. The normalized spacial score (nSPS) is 9.71. The van der Waals surface area contributed by atoms with Gasteiger partial charge in [0.2, 0.25) is 5.78 Å². The summed E-state index contributed by atoms with van der Waals surface area (Å²) < 4.78 is 0. The van der Waals surface area contributed by atoms with Gasteiger partial charge in [0.1, 0.15) is 0 Å². The molecule has 1 heterocycles. The summed E-state index contributed by atoms with van der Waals surface area (Å²) >= 11 is 0. The van der Waals surface area contributed by atoms with Crippen LogP contribution in [0.3, 0.4) is 0 Å². The molecule has 2 N–H and O–H groups in total. The maximum atomic E-state index is 10.7. The highest BCUT2D eigenvalue weighted by atomic mass is 16.4. The fourth-order valence-corrected chi connectivity index (χ4v) is 1.85. The minimum atomic E-state index is -1.38. The molecule has 0 amide bonds. The minimum absolute atomic E-state index is 0.0316. The van der Waals surface area contributed by atoms with Gasteiger partial charge in [0, 0.05) is 18.1 Å². The van der Waals surface area contributed by atoms with Crippen molar-refractivity contribution >= 4 is 22.7 Å². The lowest BCUT2D eigenvalue weighted by molar-refractivity contribution is -0.148.